The van der Waals surface area contributed by atoms with Crippen molar-refractivity contribution in [2.24, 2.45) is 23.7 Å². The summed E-state index contributed by atoms with van der Waals surface area (Å²) in [6, 6.07) is 0. The lowest BCUT2D eigenvalue weighted by atomic mass is 9.83. The Labute approximate surface area is 79.7 Å². The Hall–Kier alpha value is -0.530. The van der Waals surface area contributed by atoms with Crippen LogP contribution >= 0.6 is 0 Å². The Morgan fingerprint density at radius 3 is 2.54 bits per heavy atom. The predicted molar refractivity (Wildman–Crippen MR) is 50.1 cm³/mol. The van der Waals surface area contributed by atoms with Gasteiger partial charge in [0.25, 0.3) is 0 Å². The van der Waals surface area contributed by atoms with Gasteiger partial charge in [0.15, 0.2) is 0 Å². The van der Waals surface area contributed by atoms with Crippen LogP contribution < -0.4 is 0 Å². The number of rotatable bonds is 2. The summed E-state index contributed by atoms with van der Waals surface area (Å²) >= 11 is 0. The minimum absolute atomic E-state index is 0.0573. The monoisotopic (exact) mass is 182 g/mol. The molecule has 2 fully saturated rings. The first-order valence-electron chi connectivity index (χ1n) is 5.39. The fourth-order valence-electron chi connectivity index (χ4n) is 3.10. The second-order valence-corrected chi connectivity index (χ2v) is 4.56. The fourth-order valence-corrected chi connectivity index (χ4v) is 3.10. The van der Waals surface area contributed by atoms with Crippen LogP contribution in [0.25, 0.3) is 0 Å². The van der Waals surface area contributed by atoms with E-state index in [2.05, 4.69) is 6.92 Å². The SMILES string of the molecule is CCOC(=O)C1CC2CC1CC2C. The molecule has 2 bridgehead atoms. The van der Waals surface area contributed by atoms with Crippen molar-refractivity contribution in [1.29, 1.82) is 0 Å². The molecule has 4 unspecified atom stereocenters. The van der Waals surface area contributed by atoms with Crippen molar-refractivity contribution in [3.63, 3.8) is 0 Å². The molecule has 74 valence electrons. The van der Waals surface area contributed by atoms with Gasteiger partial charge in [-0.05, 0) is 43.9 Å². The van der Waals surface area contributed by atoms with Gasteiger partial charge in [-0.15, -0.1) is 0 Å². The minimum Gasteiger partial charge on any atom is -0.466 e. The third-order valence-corrected chi connectivity index (χ3v) is 3.80. The van der Waals surface area contributed by atoms with Gasteiger partial charge in [0.05, 0.1) is 12.5 Å². The molecule has 0 aliphatic heterocycles. The highest BCUT2D eigenvalue weighted by molar-refractivity contribution is 5.73. The molecule has 2 aliphatic carbocycles. The van der Waals surface area contributed by atoms with Gasteiger partial charge in [-0.2, -0.15) is 0 Å². The summed E-state index contributed by atoms with van der Waals surface area (Å²) in [5.41, 5.74) is 0. The van der Waals surface area contributed by atoms with Crippen molar-refractivity contribution < 1.29 is 9.53 Å². The van der Waals surface area contributed by atoms with Crippen LogP contribution in [0.2, 0.25) is 0 Å². The van der Waals surface area contributed by atoms with Gasteiger partial charge in [0.1, 0.15) is 0 Å². The Kier molecular flexibility index (Phi) is 2.31. The van der Waals surface area contributed by atoms with Crippen LogP contribution in [-0.2, 0) is 9.53 Å². The molecule has 13 heavy (non-hydrogen) atoms. The lowest BCUT2D eigenvalue weighted by molar-refractivity contribution is -0.150. The van der Waals surface area contributed by atoms with Crippen LogP contribution in [0.4, 0.5) is 0 Å². The normalized spacial score (nSPS) is 42.3. The summed E-state index contributed by atoms with van der Waals surface area (Å²) in [4.78, 5) is 11.5. The second-order valence-electron chi connectivity index (χ2n) is 4.56. The lowest BCUT2D eigenvalue weighted by Gasteiger charge is -2.23. The van der Waals surface area contributed by atoms with E-state index in [1.165, 1.54) is 12.8 Å². The fraction of sp³-hybridized carbons (Fsp3) is 0.909. The molecule has 2 heteroatoms. The first-order valence-corrected chi connectivity index (χ1v) is 5.39. The largest absolute Gasteiger partial charge is 0.466 e. The highest BCUT2D eigenvalue weighted by Gasteiger charge is 2.47. The highest BCUT2D eigenvalue weighted by Crippen LogP contribution is 2.51. The Balaban J connectivity index is 1.95. The van der Waals surface area contributed by atoms with Gasteiger partial charge < -0.3 is 4.74 Å². The molecule has 0 N–H and O–H groups in total. The molecule has 2 aliphatic rings. The van der Waals surface area contributed by atoms with Crippen molar-refractivity contribution >= 4 is 5.97 Å². The molecular formula is C11H18O2. The topological polar surface area (TPSA) is 26.3 Å². The van der Waals surface area contributed by atoms with Crippen molar-refractivity contribution in [2.45, 2.75) is 33.1 Å². The summed E-state index contributed by atoms with van der Waals surface area (Å²) in [7, 11) is 0. The number of esters is 1. The van der Waals surface area contributed by atoms with Gasteiger partial charge in [-0.3, -0.25) is 4.79 Å². The van der Waals surface area contributed by atoms with E-state index in [0.29, 0.717) is 12.5 Å². The first-order chi connectivity index (χ1) is 6.22. The lowest BCUT2D eigenvalue weighted by Crippen LogP contribution is -2.25. The number of hydrogen-bond acceptors (Lipinski definition) is 2. The number of carbonyl (C=O) groups excluding carboxylic acids is 1. The third kappa shape index (κ3) is 1.47. The molecule has 0 amide bonds. The molecule has 2 nitrogen and oxygen atoms in total. The number of fused-ring (bicyclic) bond motifs is 2. The summed E-state index contributed by atoms with van der Waals surface area (Å²) in [6.45, 7) is 4.72. The molecule has 0 aromatic rings. The summed E-state index contributed by atoms with van der Waals surface area (Å²) in [5.74, 6) is 2.58. The summed E-state index contributed by atoms with van der Waals surface area (Å²) in [5, 5.41) is 0. The van der Waals surface area contributed by atoms with Crippen LogP contribution in [-0.4, -0.2) is 12.6 Å². The average molecular weight is 182 g/mol. The molecule has 2 saturated carbocycles. The molecule has 0 saturated heterocycles. The quantitative estimate of drug-likeness (QED) is 0.612. The van der Waals surface area contributed by atoms with Gasteiger partial charge in [-0.25, -0.2) is 0 Å². The van der Waals surface area contributed by atoms with Crippen LogP contribution in [0, 0.1) is 23.7 Å². The van der Waals surface area contributed by atoms with Crippen LogP contribution in [0.15, 0.2) is 0 Å². The molecule has 0 aromatic heterocycles. The van der Waals surface area contributed by atoms with Gasteiger partial charge in [0.2, 0.25) is 0 Å². The number of ether oxygens (including phenoxy) is 1. The second kappa shape index (κ2) is 3.32. The van der Waals surface area contributed by atoms with E-state index in [1.54, 1.807) is 0 Å². The summed E-state index contributed by atoms with van der Waals surface area (Å²) < 4.78 is 5.07. The van der Waals surface area contributed by atoms with E-state index in [4.69, 9.17) is 4.74 Å². The Morgan fingerprint density at radius 2 is 2.08 bits per heavy atom. The van der Waals surface area contributed by atoms with E-state index in [0.717, 1.165) is 18.3 Å². The molecule has 0 aromatic carbocycles. The highest BCUT2D eigenvalue weighted by atomic mass is 16.5. The van der Waals surface area contributed by atoms with Crippen LogP contribution in [0.1, 0.15) is 33.1 Å². The van der Waals surface area contributed by atoms with E-state index >= 15 is 0 Å². The molecule has 0 radical (unpaired) electrons. The molecule has 0 heterocycles. The van der Waals surface area contributed by atoms with Gasteiger partial charge in [0, 0.05) is 0 Å². The number of carbonyl (C=O) groups is 1. The molecule has 4 atom stereocenters. The van der Waals surface area contributed by atoms with E-state index < -0.39 is 0 Å². The maximum Gasteiger partial charge on any atom is 0.309 e. The summed E-state index contributed by atoms with van der Waals surface area (Å²) in [6.07, 6.45) is 3.60. The molecule has 0 spiro atoms. The Bertz CT molecular complexity index is 210. The molecular weight excluding hydrogens is 164 g/mol. The zero-order chi connectivity index (χ0) is 9.42. The molecule has 2 rings (SSSR count). The van der Waals surface area contributed by atoms with Crippen molar-refractivity contribution in [2.75, 3.05) is 6.61 Å². The standard InChI is InChI=1S/C11H18O2/c1-3-13-11(12)10-6-8-5-9(10)4-7(8)2/h7-10H,3-6H2,1-2H3. The minimum atomic E-state index is 0.0573. The van der Waals surface area contributed by atoms with Crippen molar-refractivity contribution in [3.05, 3.63) is 0 Å². The predicted octanol–water partition coefficient (Wildman–Crippen LogP) is 2.23. The average Bonchev–Trinajstić information content (AvgIpc) is 2.62. The smallest absolute Gasteiger partial charge is 0.309 e. The van der Waals surface area contributed by atoms with Crippen LogP contribution in [0.5, 0.6) is 0 Å². The zero-order valence-corrected chi connectivity index (χ0v) is 8.45. The van der Waals surface area contributed by atoms with Gasteiger partial charge >= 0.3 is 5.97 Å². The van der Waals surface area contributed by atoms with E-state index in [-0.39, 0.29) is 11.9 Å². The van der Waals surface area contributed by atoms with E-state index in [9.17, 15) is 4.79 Å². The van der Waals surface area contributed by atoms with E-state index in [1.807, 2.05) is 6.92 Å². The van der Waals surface area contributed by atoms with Gasteiger partial charge in [-0.1, -0.05) is 6.92 Å². The van der Waals surface area contributed by atoms with Crippen LogP contribution in [0.3, 0.4) is 0 Å². The maximum absolute atomic E-state index is 11.5. The third-order valence-electron chi connectivity index (χ3n) is 3.80. The first kappa shape index (κ1) is 9.04. The zero-order valence-electron chi connectivity index (χ0n) is 8.45. The van der Waals surface area contributed by atoms with Crippen molar-refractivity contribution in [1.82, 2.24) is 0 Å². The Morgan fingerprint density at radius 1 is 1.31 bits per heavy atom. The number of hydrogen-bond donors (Lipinski definition) is 0. The van der Waals surface area contributed by atoms with Crippen molar-refractivity contribution in [3.8, 4) is 0 Å². The maximum atomic E-state index is 11.5.